The largest absolute Gasteiger partial charge is 0.340 e. The first-order valence-electron chi connectivity index (χ1n) is 8.66. The Morgan fingerprint density at radius 1 is 1.31 bits per heavy atom. The lowest BCUT2D eigenvalue weighted by atomic mass is 10.1. The van der Waals surface area contributed by atoms with Crippen molar-refractivity contribution in [1.82, 2.24) is 15.1 Å². The van der Waals surface area contributed by atoms with E-state index < -0.39 is 11.9 Å². The van der Waals surface area contributed by atoms with E-state index in [4.69, 9.17) is 11.6 Å². The fourth-order valence-corrected chi connectivity index (χ4v) is 3.74. The highest BCUT2D eigenvalue weighted by atomic mass is 35.5. The lowest BCUT2D eigenvalue weighted by molar-refractivity contribution is -0.118. The second-order valence-electron chi connectivity index (χ2n) is 6.59. The Morgan fingerprint density at radius 2 is 2.15 bits per heavy atom. The molecule has 4 rings (SSSR count). The molecule has 0 bridgehead atoms. The summed E-state index contributed by atoms with van der Waals surface area (Å²) in [5.41, 5.74) is 2.00. The highest BCUT2D eigenvalue weighted by molar-refractivity contribution is 6.31. The summed E-state index contributed by atoms with van der Waals surface area (Å²) in [6.45, 7) is 1.27. The van der Waals surface area contributed by atoms with Crippen molar-refractivity contribution in [3.05, 3.63) is 46.5 Å². The van der Waals surface area contributed by atoms with Crippen molar-refractivity contribution in [3.63, 3.8) is 0 Å². The van der Waals surface area contributed by atoms with Crippen LogP contribution in [0.2, 0.25) is 5.02 Å². The number of carbonyl (C=O) groups is 2. The molecule has 1 aromatic carbocycles. The first kappa shape index (κ1) is 17.0. The Morgan fingerprint density at radius 3 is 2.96 bits per heavy atom. The third-order valence-corrected chi connectivity index (χ3v) is 5.24. The summed E-state index contributed by atoms with van der Waals surface area (Å²) in [6, 6.07) is 3.56. The number of hydrogen-bond acceptors (Lipinski definition) is 3. The van der Waals surface area contributed by atoms with Gasteiger partial charge in [-0.2, -0.15) is 5.10 Å². The quantitative estimate of drug-likeness (QED) is 0.895. The smallest absolute Gasteiger partial charge is 0.255 e. The molecule has 1 atom stereocenters. The van der Waals surface area contributed by atoms with Gasteiger partial charge in [0.15, 0.2) is 0 Å². The lowest BCUT2D eigenvalue weighted by Crippen LogP contribution is -2.41. The molecule has 0 radical (unpaired) electrons. The maximum Gasteiger partial charge on any atom is 0.255 e. The molecule has 1 fully saturated rings. The number of hydrogen-bond donors (Lipinski definition) is 1. The number of anilines is 1. The fourth-order valence-electron chi connectivity index (χ4n) is 3.57. The van der Waals surface area contributed by atoms with Gasteiger partial charge in [-0.1, -0.05) is 11.6 Å². The van der Waals surface area contributed by atoms with Crippen LogP contribution in [-0.4, -0.2) is 34.2 Å². The van der Waals surface area contributed by atoms with E-state index in [9.17, 15) is 14.0 Å². The molecule has 1 unspecified atom stereocenters. The van der Waals surface area contributed by atoms with Crippen molar-refractivity contribution in [2.75, 3.05) is 11.4 Å². The van der Waals surface area contributed by atoms with E-state index in [1.807, 2.05) is 4.68 Å². The summed E-state index contributed by atoms with van der Waals surface area (Å²) in [4.78, 5) is 26.8. The molecule has 2 aliphatic heterocycles. The van der Waals surface area contributed by atoms with Crippen LogP contribution in [0.15, 0.2) is 24.4 Å². The van der Waals surface area contributed by atoms with Crippen molar-refractivity contribution in [2.45, 2.75) is 38.3 Å². The number of nitrogens with one attached hydrogen (secondary N) is 1. The minimum absolute atomic E-state index is 0.0331. The van der Waals surface area contributed by atoms with Gasteiger partial charge in [0.1, 0.15) is 11.9 Å². The zero-order chi connectivity index (χ0) is 18.3. The number of amides is 2. The van der Waals surface area contributed by atoms with E-state index in [-0.39, 0.29) is 16.8 Å². The highest BCUT2D eigenvalue weighted by Crippen LogP contribution is 2.27. The van der Waals surface area contributed by atoms with Gasteiger partial charge in [0.05, 0.1) is 22.5 Å². The maximum absolute atomic E-state index is 13.3. The molecule has 8 heteroatoms. The Hall–Kier alpha value is -2.41. The Bertz CT molecular complexity index is 882. The topological polar surface area (TPSA) is 67.2 Å². The number of fused-ring (bicyclic) bond motifs is 1. The SMILES string of the molecule is O=C(NC1CCN(c2ccc(F)c(Cl)c2)C1=O)c1cnn2c1CCCC2. The molecular formula is C18H18ClFN4O2. The number of halogens is 2. The molecule has 136 valence electrons. The molecule has 6 nitrogen and oxygen atoms in total. The average molecular weight is 377 g/mol. The predicted molar refractivity (Wildman–Crippen MR) is 94.8 cm³/mol. The van der Waals surface area contributed by atoms with Crippen LogP contribution in [-0.2, 0) is 17.8 Å². The average Bonchev–Trinajstić information content (AvgIpc) is 3.22. The van der Waals surface area contributed by atoms with Gasteiger partial charge < -0.3 is 10.2 Å². The molecule has 1 saturated heterocycles. The van der Waals surface area contributed by atoms with Gasteiger partial charge >= 0.3 is 0 Å². The second kappa shape index (κ2) is 6.72. The van der Waals surface area contributed by atoms with Crippen LogP contribution >= 0.6 is 11.6 Å². The highest BCUT2D eigenvalue weighted by Gasteiger charge is 2.34. The van der Waals surface area contributed by atoms with Crippen LogP contribution < -0.4 is 10.2 Å². The van der Waals surface area contributed by atoms with Gasteiger partial charge in [-0.15, -0.1) is 0 Å². The van der Waals surface area contributed by atoms with Crippen molar-refractivity contribution in [3.8, 4) is 0 Å². The third kappa shape index (κ3) is 2.96. The van der Waals surface area contributed by atoms with Crippen LogP contribution in [0.5, 0.6) is 0 Å². The summed E-state index contributed by atoms with van der Waals surface area (Å²) in [7, 11) is 0. The molecule has 0 spiro atoms. The molecule has 0 aliphatic carbocycles. The number of carbonyl (C=O) groups excluding carboxylic acids is 2. The fraction of sp³-hybridized carbons (Fsp3) is 0.389. The van der Waals surface area contributed by atoms with Crippen molar-refractivity contribution >= 4 is 29.1 Å². The van der Waals surface area contributed by atoms with E-state index in [1.54, 1.807) is 6.20 Å². The summed E-state index contributed by atoms with van der Waals surface area (Å²) in [5.74, 6) is -1.02. The zero-order valence-electron chi connectivity index (χ0n) is 14.0. The normalized spacial score (nSPS) is 19.5. The monoisotopic (exact) mass is 376 g/mol. The van der Waals surface area contributed by atoms with Gasteiger partial charge in [0.2, 0.25) is 5.91 Å². The van der Waals surface area contributed by atoms with E-state index in [0.29, 0.717) is 24.2 Å². The van der Waals surface area contributed by atoms with Crippen LogP contribution in [0.25, 0.3) is 0 Å². The lowest BCUT2D eigenvalue weighted by Gasteiger charge is -2.18. The van der Waals surface area contributed by atoms with Gasteiger partial charge in [0.25, 0.3) is 5.91 Å². The van der Waals surface area contributed by atoms with Gasteiger partial charge in [-0.25, -0.2) is 4.39 Å². The van der Waals surface area contributed by atoms with Crippen molar-refractivity contribution in [2.24, 2.45) is 0 Å². The second-order valence-corrected chi connectivity index (χ2v) is 7.00. The first-order valence-corrected chi connectivity index (χ1v) is 9.04. The molecule has 2 aliphatic rings. The number of aromatic nitrogens is 2. The van der Waals surface area contributed by atoms with E-state index in [1.165, 1.54) is 23.1 Å². The number of nitrogens with zero attached hydrogens (tertiary/aromatic N) is 3. The Kier molecular flexibility index (Phi) is 4.40. The summed E-state index contributed by atoms with van der Waals surface area (Å²) >= 11 is 5.80. The van der Waals surface area contributed by atoms with E-state index in [2.05, 4.69) is 10.4 Å². The van der Waals surface area contributed by atoms with Crippen LogP contribution in [0.1, 0.15) is 35.3 Å². The van der Waals surface area contributed by atoms with Crippen molar-refractivity contribution < 1.29 is 14.0 Å². The number of rotatable bonds is 3. The Labute approximate surface area is 154 Å². The van der Waals surface area contributed by atoms with E-state index in [0.717, 1.165) is 31.5 Å². The molecule has 2 aromatic rings. The van der Waals surface area contributed by atoms with Gasteiger partial charge in [0, 0.05) is 18.8 Å². The summed E-state index contributed by atoms with van der Waals surface area (Å²) in [6.07, 6.45) is 4.98. The summed E-state index contributed by atoms with van der Waals surface area (Å²) in [5, 5.41) is 7.05. The van der Waals surface area contributed by atoms with Crippen LogP contribution in [0.3, 0.4) is 0 Å². The summed E-state index contributed by atoms with van der Waals surface area (Å²) < 4.78 is 15.2. The van der Waals surface area contributed by atoms with Crippen LogP contribution in [0.4, 0.5) is 10.1 Å². The molecule has 0 saturated carbocycles. The molecular weight excluding hydrogens is 359 g/mol. The predicted octanol–water partition coefficient (Wildman–Crippen LogP) is 2.55. The van der Waals surface area contributed by atoms with Gasteiger partial charge in [-0.3, -0.25) is 14.3 Å². The zero-order valence-corrected chi connectivity index (χ0v) is 14.8. The van der Waals surface area contributed by atoms with E-state index >= 15 is 0 Å². The molecule has 1 aromatic heterocycles. The standard InChI is InChI=1S/C18H18ClFN4O2/c19-13-9-11(4-5-14(13)20)23-8-6-15(18(23)26)22-17(25)12-10-21-24-7-2-1-3-16(12)24/h4-5,9-10,15H,1-3,6-8H2,(H,22,25). The van der Waals surface area contributed by atoms with Crippen molar-refractivity contribution in [1.29, 1.82) is 0 Å². The maximum atomic E-state index is 13.3. The molecule has 1 N–H and O–H groups in total. The number of aryl methyl sites for hydroxylation is 1. The first-order chi connectivity index (χ1) is 12.5. The van der Waals surface area contributed by atoms with Crippen LogP contribution in [0, 0.1) is 5.82 Å². The molecule has 2 amide bonds. The molecule has 26 heavy (non-hydrogen) atoms. The third-order valence-electron chi connectivity index (χ3n) is 4.95. The minimum atomic E-state index is -0.606. The minimum Gasteiger partial charge on any atom is -0.340 e. The Balaban J connectivity index is 1.48. The molecule has 3 heterocycles. The number of benzene rings is 1. The van der Waals surface area contributed by atoms with Gasteiger partial charge in [-0.05, 0) is 43.9 Å².